The van der Waals surface area contributed by atoms with Gasteiger partial charge in [-0.2, -0.15) is 0 Å². The number of piperidine rings is 1. The first-order chi connectivity index (χ1) is 10.8. The number of nitrogens with zero attached hydrogens (tertiary/aromatic N) is 2. The Labute approximate surface area is 134 Å². The Morgan fingerprint density at radius 3 is 3.09 bits per heavy atom. The van der Waals surface area contributed by atoms with Gasteiger partial charge in [-0.1, -0.05) is 12.1 Å². The zero-order valence-corrected chi connectivity index (χ0v) is 13.3. The van der Waals surface area contributed by atoms with Gasteiger partial charge in [-0.05, 0) is 37.8 Å². The van der Waals surface area contributed by atoms with E-state index in [1.807, 2.05) is 29.2 Å². The number of para-hydroxylation sites is 1. The summed E-state index contributed by atoms with van der Waals surface area (Å²) in [6.45, 7) is 1.36. The molecule has 1 aliphatic heterocycles. The molecule has 0 radical (unpaired) electrons. The number of benzene rings is 1. The summed E-state index contributed by atoms with van der Waals surface area (Å²) in [6.07, 6.45) is 3.81. The highest BCUT2D eigenvalue weighted by molar-refractivity contribution is 7.18. The molecule has 1 aromatic heterocycles. The van der Waals surface area contributed by atoms with Crippen molar-refractivity contribution in [2.75, 3.05) is 13.2 Å². The first-order valence-corrected chi connectivity index (χ1v) is 8.59. The van der Waals surface area contributed by atoms with Gasteiger partial charge in [-0.3, -0.25) is 0 Å². The minimum Gasteiger partial charge on any atom is -0.396 e. The van der Waals surface area contributed by atoms with Crippen molar-refractivity contribution >= 4 is 27.6 Å². The van der Waals surface area contributed by atoms with Crippen LogP contribution in [0.15, 0.2) is 24.3 Å². The normalized spacial score (nSPS) is 18.6. The summed E-state index contributed by atoms with van der Waals surface area (Å²) < 4.78 is 1.14. The maximum absolute atomic E-state index is 12.4. The second-order valence-electron chi connectivity index (χ2n) is 5.59. The fraction of sp³-hybridized carbons (Fsp3) is 0.500. The van der Waals surface area contributed by atoms with E-state index in [1.54, 1.807) is 11.3 Å². The quantitative estimate of drug-likeness (QED) is 0.910. The van der Waals surface area contributed by atoms with Crippen LogP contribution in [0.3, 0.4) is 0 Å². The van der Waals surface area contributed by atoms with E-state index in [9.17, 15) is 4.79 Å². The third-order valence-corrected chi connectivity index (χ3v) is 5.12. The maximum Gasteiger partial charge on any atom is 0.317 e. The van der Waals surface area contributed by atoms with Crippen LogP contribution in [0.25, 0.3) is 10.2 Å². The van der Waals surface area contributed by atoms with Crippen molar-refractivity contribution in [3.63, 3.8) is 0 Å². The van der Waals surface area contributed by atoms with Gasteiger partial charge in [0.25, 0.3) is 0 Å². The predicted molar refractivity (Wildman–Crippen MR) is 87.9 cm³/mol. The number of urea groups is 1. The fourth-order valence-corrected chi connectivity index (χ4v) is 3.87. The first kappa shape index (κ1) is 15.2. The van der Waals surface area contributed by atoms with E-state index >= 15 is 0 Å². The molecule has 1 aliphatic rings. The van der Waals surface area contributed by atoms with Gasteiger partial charge >= 0.3 is 6.03 Å². The molecule has 3 rings (SSSR count). The molecule has 1 saturated heterocycles. The SMILES string of the molecule is O=C(NCc1nc2ccccc2s1)N1CCCCC1CCO. The van der Waals surface area contributed by atoms with Gasteiger partial charge in [0.2, 0.25) is 0 Å². The molecule has 0 bridgehead atoms. The number of fused-ring (bicyclic) bond motifs is 1. The number of aliphatic hydroxyl groups is 1. The highest BCUT2D eigenvalue weighted by Gasteiger charge is 2.26. The van der Waals surface area contributed by atoms with Crippen molar-refractivity contribution < 1.29 is 9.90 Å². The van der Waals surface area contributed by atoms with Crippen LogP contribution in [0.2, 0.25) is 0 Å². The van der Waals surface area contributed by atoms with Crippen molar-refractivity contribution in [1.82, 2.24) is 15.2 Å². The Morgan fingerprint density at radius 2 is 2.27 bits per heavy atom. The van der Waals surface area contributed by atoms with Gasteiger partial charge < -0.3 is 15.3 Å². The summed E-state index contributed by atoms with van der Waals surface area (Å²) in [4.78, 5) is 18.8. The Kier molecular flexibility index (Phi) is 4.90. The smallest absolute Gasteiger partial charge is 0.317 e. The van der Waals surface area contributed by atoms with E-state index in [4.69, 9.17) is 5.11 Å². The number of aliphatic hydroxyl groups excluding tert-OH is 1. The largest absolute Gasteiger partial charge is 0.396 e. The Morgan fingerprint density at radius 1 is 1.41 bits per heavy atom. The van der Waals surface area contributed by atoms with Crippen LogP contribution in [-0.4, -0.2) is 40.2 Å². The molecule has 1 fully saturated rings. The lowest BCUT2D eigenvalue weighted by molar-refractivity contribution is 0.131. The molecule has 1 atom stereocenters. The molecule has 0 spiro atoms. The van der Waals surface area contributed by atoms with Gasteiger partial charge in [0.05, 0.1) is 16.8 Å². The summed E-state index contributed by atoms with van der Waals surface area (Å²) in [5.74, 6) is 0. The van der Waals surface area contributed by atoms with Crippen molar-refractivity contribution in [2.45, 2.75) is 38.3 Å². The Hall–Kier alpha value is -1.66. The van der Waals surface area contributed by atoms with Crippen LogP contribution >= 0.6 is 11.3 Å². The van der Waals surface area contributed by atoms with Gasteiger partial charge in [-0.15, -0.1) is 11.3 Å². The molecule has 0 saturated carbocycles. The summed E-state index contributed by atoms with van der Waals surface area (Å²) in [5, 5.41) is 13.0. The topological polar surface area (TPSA) is 65.5 Å². The minimum absolute atomic E-state index is 0.0441. The summed E-state index contributed by atoms with van der Waals surface area (Å²) in [6, 6.07) is 8.11. The molecule has 22 heavy (non-hydrogen) atoms. The zero-order valence-electron chi connectivity index (χ0n) is 12.5. The second-order valence-corrected chi connectivity index (χ2v) is 6.70. The van der Waals surface area contributed by atoms with Gasteiger partial charge in [0.15, 0.2) is 0 Å². The number of nitrogens with one attached hydrogen (secondary N) is 1. The molecule has 2 amide bonds. The molecule has 2 aromatic rings. The number of hydrogen-bond acceptors (Lipinski definition) is 4. The van der Waals surface area contributed by atoms with Crippen LogP contribution in [-0.2, 0) is 6.54 Å². The molecule has 6 heteroatoms. The molecule has 118 valence electrons. The van der Waals surface area contributed by atoms with Crippen molar-refractivity contribution in [3.05, 3.63) is 29.3 Å². The number of aromatic nitrogens is 1. The van der Waals surface area contributed by atoms with Crippen molar-refractivity contribution in [3.8, 4) is 0 Å². The van der Waals surface area contributed by atoms with Crippen LogP contribution in [0, 0.1) is 0 Å². The monoisotopic (exact) mass is 319 g/mol. The summed E-state index contributed by atoms with van der Waals surface area (Å²) in [5.41, 5.74) is 0.980. The van der Waals surface area contributed by atoms with Crippen LogP contribution in [0.4, 0.5) is 4.79 Å². The molecule has 1 unspecified atom stereocenters. The highest BCUT2D eigenvalue weighted by Crippen LogP contribution is 2.22. The zero-order chi connectivity index (χ0) is 15.4. The number of carbonyl (C=O) groups excluding carboxylic acids is 1. The average molecular weight is 319 g/mol. The highest BCUT2D eigenvalue weighted by atomic mass is 32.1. The van der Waals surface area contributed by atoms with E-state index < -0.39 is 0 Å². The predicted octanol–water partition coefficient (Wildman–Crippen LogP) is 2.74. The van der Waals surface area contributed by atoms with Crippen molar-refractivity contribution in [2.24, 2.45) is 0 Å². The molecule has 5 nitrogen and oxygen atoms in total. The molecule has 1 aromatic carbocycles. The fourth-order valence-electron chi connectivity index (χ4n) is 2.97. The number of likely N-dealkylation sites (tertiary alicyclic amines) is 1. The maximum atomic E-state index is 12.4. The van der Waals surface area contributed by atoms with Crippen LogP contribution in [0.5, 0.6) is 0 Å². The van der Waals surface area contributed by atoms with E-state index in [0.29, 0.717) is 13.0 Å². The molecular weight excluding hydrogens is 298 g/mol. The number of rotatable bonds is 4. The van der Waals surface area contributed by atoms with E-state index in [2.05, 4.69) is 10.3 Å². The first-order valence-electron chi connectivity index (χ1n) is 7.77. The number of carbonyl (C=O) groups is 1. The molecule has 2 heterocycles. The van der Waals surface area contributed by atoms with E-state index in [-0.39, 0.29) is 18.7 Å². The molecule has 0 aliphatic carbocycles. The molecule has 2 N–H and O–H groups in total. The van der Waals surface area contributed by atoms with Crippen LogP contribution in [0.1, 0.15) is 30.7 Å². The Bertz CT molecular complexity index is 608. The minimum atomic E-state index is -0.0441. The van der Waals surface area contributed by atoms with E-state index in [1.165, 1.54) is 0 Å². The standard InChI is InChI=1S/C16H21N3O2S/c20-10-8-12-5-3-4-9-19(12)16(21)17-11-15-18-13-6-1-2-7-14(13)22-15/h1-2,6-7,12,20H,3-5,8-11H2,(H,17,21). The third kappa shape index (κ3) is 3.39. The lowest BCUT2D eigenvalue weighted by Gasteiger charge is -2.35. The number of amides is 2. The summed E-state index contributed by atoms with van der Waals surface area (Å²) in [7, 11) is 0. The van der Waals surface area contributed by atoms with Gasteiger partial charge in [0, 0.05) is 19.2 Å². The lowest BCUT2D eigenvalue weighted by atomic mass is 10.0. The second kappa shape index (κ2) is 7.07. The van der Waals surface area contributed by atoms with Crippen LogP contribution < -0.4 is 5.32 Å². The Balaban J connectivity index is 1.61. The van der Waals surface area contributed by atoms with Gasteiger partial charge in [-0.25, -0.2) is 9.78 Å². The number of hydrogen-bond donors (Lipinski definition) is 2. The van der Waals surface area contributed by atoms with Crippen molar-refractivity contribution in [1.29, 1.82) is 0 Å². The summed E-state index contributed by atoms with van der Waals surface area (Å²) >= 11 is 1.61. The lowest BCUT2D eigenvalue weighted by Crippen LogP contribution is -2.48. The third-order valence-electron chi connectivity index (χ3n) is 4.08. The average Bonchev–Trinajstić information content (AvgIpc) is 2.96. The molecular formula is C16H21N3O2S. The van der Waals surface area contributed by atoms with E-state index in [0.717, 1.165) is 41.0 Å². The number of thiazole rings is 1. The van der Waals surface area contributed by atoms with Gasteiger partial charge in [0.1, 0.15) is 5.01 Å².